The van der Waals surface area contributed by atoms with Crippen LogP contribution in [0.25, 0.3) is 0 Å². The minimum atomic E-state index is -3.04. The van der Waals surface area contributed by atoms with Crippen molar-refractivity contribution in [1.82, 2.24) is 10.3 Å². The average Bonchev–Trinajstić information content (AvgIpc) is 2.79. The number of hydrogen-bond acceptors (Lipinski definition) is 5. The highest BCUT2D eigenvalue weighted by Crippen LogP contribution is 2.19. The standard InChI is InChI=1S/C12H18N2O4S/c1-4-10-13-8(3)11(18-10)12(15)14-9-6-19(16,17)5-7(9)2/h7,9H,4-6H2,1-3H3,(H,14,15)/t7-,9+/m0/s1. The Balaban J connectivity index is 2.11. The van der Waals surface area contributed by atoms with E-state index >= 15 is 0 Å². The average molecular weight is 286 g/mol. The number of nitrogens with one attached hydrogen (secondary N) is 1. The molecule has 2 heterocycles. The smallest absolute Gasteiger partial charge is 0.289 e. The number of aryl methyl sites for hydroxylation is 2. The monoisotopic (exact) mass is 286 g/mol. The molecule has 1 aromatic heterocycles. The summed E-state index contributed by atoms with van der Waals surface area (Å²) in [6.07, 6.45) is 0.613. The van der Waals surface area contributed by atoms with Crippen molar-refractivity contribution in [3.63, 3.8) is 0 Å². The molecule has 2 atom stereocenters. The van der Waals surface area contributed by atoms with Gasteiger partial charge in [-0.25, -0.2) is 13.4 Å². The van der Waals surface area contributed by atoms with Crippen LogP contribution < -0.4 is 5.32 Å². The van der Waals surface area contributed by atoms with E-state index < -0.39 is 15.7 Å². The van der Waals surface area contributed by atoms with Crippen molar-refractivity contribution in [3.8, 4) is 0 Å². The van der Waals surface area contributed by atoms with E-state index in [0.717, 1.165) is 0 Å². The van der Waals surface area contributed by atoms with Crippen LogP contribution in [0.4, 0.5) is 0 Å². The second kappa shape index (κ2) is 4.96. The lowest BCUT2D eigenvalue weighted by Crippen LogP contribution is -2.39. The molecule has 19 heavy (non-hydrogen) atoms. The van der Waals surface area contributed by atoms with Gasteiger partial charge in [-0.3, -0.25) is 4.79 Å². The molecule has 1 saturated heterocycles. The Morgan fingerprint density at radius 1 is 1.47 bits per heavy atom. The zero-order valence-corrected chi connectivity index (χ0v) is 12.1. The third-order valence-electron chi connectivity index (χ3n) is 3.30. The van der Waals surface area contributed by atoms with Gasteiger partial charge in [0, 0.05) is 12.5 Å². The zero-order chi connectivity index (χ0) is 14.2. The molecule has 1 aromatic rings. The van der Waals surface area contributed by atoms with Crippen LogP contribution in [-0.4, -0.2) is 36.9 Å². The summed E-state index contributed by atoms with van der Waals surface area (Å²) in [5, 5.41) is 2.73. The first-order chi connectivity index (χ1) is 8.82. The maximum Gasteiger partial charge on any atom is 0.289 e. The lowest BCUT2D eigenvalue weighted by atomic mass is 10.1. The van der Waals surface area contributed by atoms with E-state index in [-0.39, 0.29) is 29.2 Å². The van der Waals surface area contributed by atoms with Gasteiger partial charge in [0.1, 0.15) is 0 Å². The summed E-state index contributed by atoms with van der Waals surface area (Å²) in [5.41, 5.74) is 0.530. The lowest BCUT2D eigenvalue weighted by molar-refractivity contribution is 0.0903. The van der Waals surface area contributed by atoms with Gasteiger partial charge >= 0.3 is 0 Å². The van der Waals surface area contributed by atoms with Crippen molar-refractivity contribution in [1.29, 1.82) is 0 Å². The predicted octanol–water partition coefficient (Wildman–Crippen LogP) is 0.708. The normalized spacial score (nSPS) is 25.4. The molecular formula is C12H18N2O4S. The summed E-state index contributed by atoms with van der Waals surface area (Å²) in [5.74, 6) is 0.325. The molecule has 0 spiro atoms. The Hall–Kier alpha value is -1.37. The van der Waals surface area contributed by atoms with Gasteiger partial charge in [-0.1, -0.05) is 13.8 Å². The molecule has 0 radical (unpaired) electrons. The molecule has 6 nitrogen and oxygen atoms in total. The highest BCUT2D eigenvalue weighted by molar-refractivity contribution is 7.91. The Morgan fingerprint density at radius 2 is 2.16 bits per heavy atom. The second-order valence-corrected chi connectivity index (χ2v) is 7.16. The molecule has 0 aromatic carbocycles. The van der Waals surface area contributed by atoms with Crippen LogP contribution in [0.5, 0.6) is 0 Å². The van der Waals surface area contributed by atoms with Crippen LogP contribution in [0.3, 0.4) is 0 Å². The Labute approximate surface area is 112 Å². The van der Waals surface area contributed by atoms with E-state index in [9.17, 15) is 13.2 Å². The molecule has 1 fully saturated rings. The molecule has 1 N–H and O–H groups in total. The van der Waals surface area contributed by atoms with Crippen LogP contribution in [-0.2, 0) is 16.3 Å². The van der Waals surface area contributed by atoms with Gasteiger partial charge in [-0.2, -0.15) is 0 Å². The van der Waals surface area contributed by atoms with Gasteiger partial charge < -0.3 is 9.73 Å². The summed E-state index contributed by atoms with van der Waals surface area (Å²) in [6, 6.07) is -0.355. The van der Waals surface area contributed by atoms with E-state index in [0.29, 0.717) is 18.0 Å². The summed E-state index contributed by atoms with van der Waals surface area (Å²) < 4.78 is 28.3. The molecule has 0 aliphatic carbocycles. The van der Waals surface area contributed by atoms with Gasteiger partial charge in [0.05, 0.1) is 17.2 Å². The van der Waals surface area contributed by atoms with Crippen molar-refractivity contribution >= 4 is 15.7 Å². The lowest BCUT2D eigenvalue weighted by Gasteiger charge is -2.14. The van der Waals surface area contributed by atoms with Crippen molar-refractivity contribution in [3.05, 3.63) is 17.3 Å². The fourth-order valence-electron chi connectivity index (χ4n) is 2.25. The second-order valence-electron chi connectivity index (χ2n) is 5.01. The predicted molar refractivity (Wildman–Crippen MR) is 69.7 cm³/mol. The highest BCUT2D eigenvalue weighted by atomic mass is 32.2. The maximum absolute atomic E-state index is 12.1. The van der Waals surface area contributed by atoms with E-state index in [1.165, 1.54) is 0 Å². The minimum absolute atomic E-state index is 0.00622. The number of aromatic nitrogens is 1. The van der Waals surface area contributed by atoms with E-state index in [1.54, 1.807) is 6.92 Å². The number of amides is 1. The Morgan fingerprint density at radius 3 is 2.63 bits per heavy atom. The molecule has 106 valence electrons. The number of nitrogens with zero attached hydrogens (tertiary/aromatic N) is 1. The molecule has 1 aliphatic rings. The molecule has 2 rings (SSSR count). The van der Waals surface area contributed by atoms with Gasteiger partial charge in [0.2, 0.25) is 5.76 Å². The number of sulfone groups is 1. The van der Waals surface area contributed by atoms with Gasteiger partial charge in [0.15, 0.2) is 15.7 Å². The first-order valence-electron chi connectivity index (χ1n) is 6.30. The van der Waals surface area contributed by atoms with Gasteiger partial charge in [0.25, 0.3) is 5.91 Å². The fraction of sp³-hybridized carbons (Fsp3) is 0.667. The van der Waals surface area contributed by atoms with E-state index in [4.69, 9.17) is 4.42 Å². The van der Waals surface area contributed by atoms with E-state index in [2.05, 4.69) is 10.3 Å². The third-order valence-corrected chi connectivity index (χ3v) is 5.20. The Bertz CT molecular complexity index is 591. The molecule has 7 heteroatoms. The number of rotatable bonds is 3. The third kappa shape index (κ3) is 2.97. The van der Waals surface area contributed by atoms with Crippen LogP contribution in [0.15, 0.2) is 4.42 Å². The van der Waals surface area contributed by atoms with Gasteiger partial charge in [-0.05, 0) is 12.8 Å². The molecule has 1 aliphatic heterocycles. The van der Waals surface area contributed by atoms with Crippen LogP contribution in [0, 0.1) is 12.8 Å². The molecule has 0 bridgehead atoms. The molecular weight excluding hydrogens is 268 g/mol. The topological polar surface area (TPSA) is 89.3 Å². The van der Waals surface area contributed by atoms with Crippen molar-refractivity contribution in [2.75, 3.05) is 11.5 Å². The first-order valence-corrected chi connectivity index (χ1v) is 8.12. The first kappa shape index (κ1) is 14.0. The van der Waals surface area contributed by atoms with Crippen molar-refractivity contribution in [2.24, 2.45) is 5.92 Å². The molecule has 0 unspecified atom stereocenters. The zero-order valence-electron chi connectivity index (χ0n) is 11.3. The van der Waals surface area contributed by atoms with Crippen LogP contribution in [0.1, 0.15) is 36.0 Å². The highest BCUT2D eigenvalue weighted by Gasteiger charge is 2.36. The summed E-state index contributed by atoms with van der Waals surface area (Å²) in [4.78, 5) is 16.2. The largest absolute Gasteiger partial charge is 0.435 e. The summed E-state index contributed by atoms with van der Waals surface area (Å²) in [6.45, 7) is 5.41. The quantitative estimate of drug-likeness (QED) is 0.884. The summed E-state index contributed by atoms with van der Waals surface area (Å²) >= 11 is 0. The number of hydrogen-bond donors (Lipinski definition) is 1. The number of carbonyl (C=O) groups is 1. The summed E-state index contributed by atoms with van der Waals surface area (Å²) in [7, 11) is -3.04. The van der Waals surface area contributed by atoms with Crippen molar-refractivity contribution in [2.45, 2.75) is 33.2 Å². The van der Waals surface area contributed by atoms with Crippen molar-refractivity contribution < 1.29 is 17.6 Å². The van der Waals surface area contributed by atoms with E-state index in [1.807, 2.05) is 13.8 Å². The maximum atomic E-state index is 12.1. The Kier molecular flexibility index (Phi) is 3.66. The van der Waals surface area contributed by atoms with Crippen LogP contribution in [0.2, 0.25) is 0 Å². The van der Waals surface area contributed by atoms with Gasteiger partial charge in [-0.15, -0.1) is 0 Å². The molecule has 0 saturated carbocycles. The SMILES string of the molecule is CCc1nc(C)c(C(=O)N[C@@H]2CS(=O)(=O)C[C@@H]2C)o1. The minimum Gasteiger partial charge on any atom is -0.435 e. The number of oxazole rings is 1. The molecule has 1 amide bonds. The van der Waals surface area contributed by atoms with Crippen LogP contribution >= 0.6 is 0 Å². The fourth-order valence-corrected chi connectivity index (χ4v) is 4.38. The number of carbonyl (C=O) groups excluding carboxylic acids is 1.